The van der Waals surface area contributed by atoms with Gasteiger partial charge in [0.05, 0.1) is 5.69 Å². The Hall–Kier alpha value is -2.76. The molecule has 4 fully saturated rings. The molecule has 3 aromatic rings. The number of nitrogens with zero attached hydrogens (tertiary/aromatic N) is 3. The molecule has 0 radical (unpaired) electrons. The first-order valence-corrected chi connectivity index (χ1v) is 11.8. The quantitative estimate of drug-likeness (QED) is 0.625. The molecule has 5 nitrogen and oxygen atoms in total. The van der Waals surface area contributed by atoms with Crippen molar-refractivity contribution in [1.29, 1.82) is 0 Å². The summed E-state index contributed by atoms with van der Waals surface area (Å²) in [6.07, 6.45) is 9.81. The average molecular weight is 433 g/mol. The van der Waals surface area contributed by atoms with Crippen molar-refractivity contribution in [3.63, 3.8) is 0 Å². The first-order chi connectivity index (χ1) is 15.5. The summed E-state index contributed by atoms with van der Waals surface area (Å²) in [5, 5.41) is 8.78. The normalized spacial score (nSPS) is 28.4. The summed E-state index contributed by atoms with van der Waals surface area (Å²) < 4.78 is 15.1. The molecule has 32 heavy (non-hydrogen) atoms. The number of carbonyl (C=O) groups is 1. The topological polar surface area (TPSA) is 59.8 Å². The fourth-order valence-electron chi connectivity index (χ4n) is 7.25. The highest BCUT2D eigenvalue weighted by Gasteiger charge is 2.50. The van der Waals surface area contributed by atoms with E-state index in [1.54, 1.807) is 23.0 Å². The Morgan fingerprint density at radius 3 is 2.41 bits per heavy atom. The van der Waals surface area contributed by atoms with E-state index in [-0.39, 0.29) is 18.3 Å². The van der Waals surface area contributed by atoms with Crippen LogP contribution in [-0.4, -0.2) is 27.2 Å². The maximum absolute atomic E-state index is 13.4. The van der Waals surface area contributed by atoms with E-state index in [0.29, 0.717) is 11.1 Å². The standard InChI is InChI=1S/C26H29FN4O/c1-16-24-22(20-2-4-21(27)5-3-20)6-7-28-25(24)31(30-16)14-23(32)29-15-26-11-17-8-18(12-26)10-19(9-17)13-26/h2-7,17-19H,8-15H2,1H3,(H,29,32). The van der Waals surface area contributed by atoms with E-state index < -0.39 is 0 Å². The number of fused-ring (bicyclic) bond motifs is 1. The van der Waals surface area contributed by atoms with Gasteiger partial charge in [-0.1, -0.05) is 12.1 Å². The van der Waals surface area contributed by atoms with Gasteiger partial charge in [0.25, 0.3) is 0 Å². The van der Waals surface area contributed by atoms with Crippen LogP contribution in [0, 0.1) is 35.9 Å². The molecule has 4 aliphatic rings. The molecule has 2 aromatic heterocycles. The zero-order chi connectivity index (χ0) is 21.9. The van der Waals surface area contributed by atoms with Gasteiger partial charge < -0.3 is 5.32 Å². The Morgan fingerprint density at radius 1 is 1.09 bits per heavy atom. The molecular weight excluding hydrogens is 403 g/mol. The van der Waals surface area contributed by atoms with Crippen LogP contribution in [-0.2, 0) is 11.3 Å². The first kappa shape index (κ1) is 19.9. The van der Waals surface area contributed by atoms with E-state index in [0.717, 1.165) is 46.5 Å². The lowest BCUT2D eigenvalue weighted by atomic mass is 9.49. The highest BCUT2D eigenvalue weighted by Crippen LogP contribution is 2.59. The third-order valence-electron chi connectivity index (χ3n) is 8.08. The summed E-state index contributed by atoms with van der Waals surface area (Å²) in [4.78, 5) is 17.4. The van der Waals surface area contributed by atoms with Gasteiger partial charge >= 0.3 is 0 Å². The minimum atomic E-state index is -0.262. The van der Waals surface area contributed by atoms with Crippen molar-refractivity contribution in [2.45, 2.75) is 52.0 Å². The van der Waals surface area contributed by atoms with Crippen molar-refractivity contribution in [2.75, 3.05) is 6.54 Å². The van der Waals surface area contributed by atoms with Gasteiger partial charge in [0.1, 0.15) is 12.4 Å². The van der Waals surface area contributed by atoms with Crippen LogP contribution >= 0.6 is 0 Å². The predicted octanol–water partition coefficient (Wildman–Crippen LogP) is 4.88. The number of pyridine rings is 1. The molecule has 0 saturated heterocycles. The number of benzene rings is 1. The van der Waals surface area contributed by atoms with Crippen molar-refractivity contribution < 1.29 is 9.18 Å². The van der Waals surface area contributed by atoms with Gasteiger partial charge in [0.15, 0.2) is 5.65 Å². The van der Waals surface area contributed by atoms with Gasteiger partial charge in [-0.2, -0.15) is 5.10 Å². The van der Waals surface area contributed by atoms with Crippen LogP contribution in [0.4, 0.5) is 4.39 Å². The molecule has 1 amide bonds. The molecule has 4 saturated carbocycles. The average Bonchev–Trinajstić information content (AvgIpc) is 3.07. The number of halogens is 1. The smallest absolute Gasteiger partial charge is 0.241 e. The molecule has 6 heteroatoms. The van der Waals surface area contributed by atoms with Crippen LogP contribution in [0.1, 0.15) is 44.2 Å². The highest BCUT2D eigenvalue weighted by atomic mass is 19.1. The third kappa shape index (κ3) is 3.40. The Bertz CT molecular complexity index is 1150. The zero-order valence-corrected chi connectivity index (χ0v) is 18.5. The molecule has 0 unspecified atom stereocenters. The van der Waals surface area contributed by atoms with Gasteiger partial charge in [-0.15, -0.1) is 0 Å². The third-order valence-corrected chi connectivity index (χ3v) is 8.08. The Labute approximate surface area is 187 Å². The van der Waals surface area contributed by atoms with E-state index in [1.807, 2.05) is 13.0 Å². The summed E-state index contributed by atoms with van der Waals surface area (Å²) >= 11 is 0. The number of rotatable bonds is 5. The lowest BCUT2D eigenvalue weighted by Crippen LogP contribution is -2.51. The second-order valence-electron chi connectivity index (χ2n) is 10.5. The van der Waals surface area contributed by atoms with Crippen LogP contribution in [0.5, 0.6) is 0 Å². The molecule has 166 valence electrons. The van der Waals surface area contributed by atoms with Crippen LogP contribution in [0.15, 0.2) is 36.5 Å². The summed E-state index contributed by atoms with van der Waals surface area (Å²) in [6.45, 7) is 2.89. The molecule has 1 N–H and O–H groups in total. The molecule has 4 bridgehead atoms. The summed E-state index contributed by atoms with van der Waals surface area (Å²) in [6, 6.07) is 8.36. The lowest BCUT2D eigenvalue weighted by molar-refractivity contribution is -0.124. The number of nitrogens with one attached hydrogen (secondary N) is 1. The summed E-state index contributed by atoms with van der Waals surface area (Å²) in [7, 11) is 0. The van der Waals surface area contributed by atoms with Gasteiger partial charge in [-0.05, 0) is 97.9 Å². The van der Waals surface area contributed by atoms with Crippen LogP contribution in [0.25, 0.3) is 22.2 Å². The monoisotopic (exact) mass is 432 g/mol. The number of amides is 1. The van der Waals surface area contributed by atoms with Gasteiger partial charge in [0, 0.05) is 18.1 Å². The van der Waals surface area contributed by atoms with Crippen LogP contribution < -0.4 is 5.32 Å². The van der Waals surface area contributed by atoms with Crippen molar-refractivity contribution in [3.8, 4) is 11.1 Å². The fourth-order valence-corrected chi connectivity index (χ4v) is 7.25. The van der Waals surface area contributed by atoms with Crippen molar-refractivity contribution >= 4 is 16.9 Å². The molecule has 0 aliphatic heterocycles. The Morgan fingerprint density at radius 2 is 1.75 bits per heavy atom. The number of hydrogen-bond donors (Lipinski definition) is 1. The maximum atomic E-state index is 13.4. The van der Waals surface area contributed by atoms with E-state index in [9.17, 15) is 9.18 Å². The van der Waals surface area contributed by atoms with E-state index in [4.69, 9.17) is 0 Å². The predicted molar refractivity (Wildman–Crippen MR) is 121 cm³/mol. The SMILES string of the molecule is Cc1nn(CC(=O)NCC23CC4CC(CC(C4)C2)C3)c2nccc(-c3ccc(F)cc3)c12. The van der Waals surface area contributed by atoms with Crippen LogP contribution in [0.2, 0.25) is 0 Å². The molecule has 2 heterocycles. The zero-order valence-electron chi connectivity index (χ0n) is 18.5. The van der Waals surface area contributed by atoms with Gasteiger partial charge in [0.2, 0.25) is 5.91 Å². The Balaban J connectivity index is 1.20. The molecule has 1 aromatic carbocycles. The molecule has 7 rings (SSSR count). The molecular formula is C26H29FN4O. The molecule has 0 atom stereocenters. The second kappa shape index (κ2) is 7.39. The highest BCUT2D eigenvalue weighted by molar-refractivity contribution is 5.95. The van der Waals surface area contributed by atoms with Crippen molar-refractivity contribution in [1.82, 2.24) is 20.1 Å². The fraction of sp³-hybridized carbons (Fsp3) is 0.500. The first-order valence-electron chi connectivity index (χ1n) is 11.8. The molecule has 0 spiro atoms. The summed E-state index contributed by atoms with van der Waals surface area (Å²) in [5.74, 6) is 2.38. The van der Waals surface area contributed by atoms with Crippen molar-refractivity contribution in [3.05, 3.63) is 48.0 Å². The maximum Gasteiger partial charge on any atom is 0.241 e. The van der Waals surface area contributed by atoms with Crippen molar-refractivity contribution in [2.24, 2.45) is 23.2 Å². The molecule has 4 aliphatic carbocycles. The lowest BCUT2D eigenvalue weighted by Gasteiger charge is -2.56. The minimum absolute atomic E-state index is 0.000805. The number of hydrogen-bond acceptors (Lipinski definition) is 3. The van der Waals surface area contributed by atoms with Gasteiger partial charge in [-0.25, -0.2) is 14.1 Å². The van der Waals surface area contributed by atoms with Gasteiger partial charge in [-0.3, -0.25) is 4.79 Å². The number of aromatic nitrogens is 3. The van der Waals surface area contributed by atoms with E-state index in [2.05, 4.69) is 15.4 Å². The number of aryl methyl sites for hydroxylation is 1. The van der Waals surface area contributed by atoms with E-state index in [1.165, 1.54) is 50.7 Å². The van der Waals surface area contributed by atoms with E-state index >= 15 is 0 Å². The minimum Gasteiger partial charge on any atom is -0.354 e. The number of carbonyl (C=O) groups excluding carboxylic acids is 1. The Kier molecular flexibility index (Phi) is 4.60. The second-order valence-corrected chi connectivity index (χ2v) is 10.5. The largest absolute Gasteiger partial charge is 0.354 e. The summed E-state index contributed by atoms with van der Waals surface area (Å²) in [5.41, 5.74) is 3.69. The van der Waals surface area contributed by atoms with Crippen LogP contribution in [0.3, 0.4) is 0 Å².